The predicted octanol–water partition coefficient (Wildman–Crippen LogP) is 2.25. The molecule has 2 N–H and O–H groups in total. The summed E-state index contributed by atoms with van der Waals surface area (Å²) in [5.74, 6) is 0.868. The molecule has 1 heterocycles. The highest BCUT2D eigenvalue weighted by Crippen LogP contribution is 2.24. The quantitative estimate of drug-likeness (QED) is 0.825. The molecule has 0 unspecified atom stereocenters. The van der Waals surface area contributed by atoms with Gasteiger partial charge in [-0.15, -0.1) is 0 Å². The van der Waals surface area contributed by atoms with Crippen molar-refractivity contribution in [3.05, 3.63) is 24.0 Å². The molecule has 1 fully saturated rings. The van der Waals surface area contributed by atoms with Gasteiger partial charge in [0.05, 0.1) is 11.8 Å². The van der Waals surface area contributed by atoms with Gasteiger partial charge in [-0.25, -0.2) is 0 Å². The van der Waals surface area contributed by atoms with Crippen molar-refractivity contribution in [2.75, 3.05) is 0 Å². The van der Waals surface area contributed by atoms with Crippen LogP contribution in [0.15, 0.2) is 18.3 Å². The fourth-order valence-electron chi connectivity index (χ4n) is 2.05. The van der Waals surface area contributed by atoms with Crippen molar-refractivity contribution in [1.82, 2.24) is 4.98 Å². The van der Waals surface area contributed by atoms with E-state index in [1.165, 1.54) is 32.1 Å². The van der Waals surface area contributed by atoms with Crippen LogP contribution in [-0.2, 0) is 6.54 Å². The van der Waals surface area contributed by atoms with Crippen LogP contribution < -0.4 is 10.5 Å². The third-order valence-electron chi connectivity index (χ3n) is 2.89. The van der Waals surface area contributed by atoms with Crippen LogP contribution in [0.2, 0.25) is 0 Å². The molecule has 1 saturated carbocycles. The van der Waals surface area contributed by atoms with Crippen LogP contribution in [0.3, 0.4) is 0 Å². The molecule has 2 rings (SSSR count). The molecule has 0 aliphatic heterocycles. The minimum atomic E-state index is 0.369. The van der Waals surface area contributed by atoms with Crippen molar-refractivity contribution in [2.45, 2.75) is 44.8 Å². The second-order valence-electron chi connectivity index (χ2n) is 4.03. The Hall–Kier alpha value is -1.09. The molecule has 0 amide bonds. The molecule has 15 heavy (non-hydrogen) atoms. The van der Waals surface area contributed by atoms with Crippen LogP contribution in [-0.4, -0.2) is 11.1 Å². The maximum Gasteiger partial charge on any atom is 0.142 e. The maximum absolute atomic E-state index is 5.93. The molecule has 3 nitrogen and oxygen atoms in total. The Kier molecular flexibility index (Phi) is 3.56. The average Bonchev–Trinajstić information content (AvgIpc) is 2.31. The predicted molar refractivity (Wildman–Crippen MR) is 59.6 cm³/mol. The number of nitrogens with two attached hydrogens (primary N) is 1. The molecule has 0 spiro atoms. The maximum atomic E-state index is 5.93. The lowest BCUT2D eigenvalue weighted by Gasteiger charge is -2.23. The lowest BCUT2D eigenvalue weighted by molar-refractivity contribution is 0.153. The third kappa shape index (κ3) is 2.69. The van der Waals surface area contributed by atoms with Gasteiger partial charge in [-0.2, -0.15) is 0 Å². The Morgan fingerprint density at radius 1 is 1.33 bits per heavy atom. The summed E-state index contributed by atoms with van der Waals surface area (Å²) in [6, 6.07) is 3.86. The van der Waals surface area contributed by atoms with Crippen LogP contribution in [0.4, 0.5) is 0 Å². The highest BCUT2D eigenvalue weighted by molar-refractivity contribution is 5.26. The summed E-state index contributed by atoms with van der Waals surface area (Å²) in [5.41, 5.74) is 6.48. The van der Waals surface area contributed by atoms with Gasteiger partial charge in [-0.1, -0.05) is 6.42 Å². The molecule has 0 atom stereocenters. The SMILES string of the molecule is NCc1ncccc1OC1CCCCC1. The number of ether oxygens (including phenoxy) is 1. The molecule has 0 aromatic carbocycles. The summed E-state index contributed by atoms with van der Waals surface area (Å²) >= 11 is 0. The standard InChI is InChI=1S/C12H18N2O/c13-9-11-12(7-4-8-14-11)15-10-5-2-1-3-6-10/h4,7-8,10H,1-3,5-6,9,13H2. The number of hydrogen-bond acceptors (Lipinski definition) is 3. The van der Waals surface area contributed by atoms with E-state index >= 15 is 0 Å². The smallest absolute Gasteiger partial charge is 0.142 e. The van der Waals surface area contributed by atoms with Gasteiger partial charge in [0.2, 0.25) is 0 Å². The molecule has 1 aromatic heterocycles. The van der Waals surface area contributed by atoms with Crippen LogP contribution in [0, 0.1) is 0 Å². The summed E-state index contributed by atoms with van der Waals surface area (Å²) in [4.78, 5) is 4.21. The molecular formula is C12H18N2O. The lowest BCUT2D eigenvalue weighted by Crippen LogP contribution is -2.20. The van der Waals surface area contributed by atoms with Crippen molar-refractivity contribution >= 4 is 0 Å². The van der Waals surface area contributed by atoms with E-state index in [0.717, 1.165) is 11.4 Å². The monoisotopic (exact) mass is 206 g/mol. The Bertz CT molecular complexity index is 308. The van der Waals surface area contributed by atoms with Crippen LogP contribution in [0.1, 0.15) is 37.8 Å². The van der Waals surface area contributed by atoms with E-state index in [-0.39, 0.29) is 0 Å². The van der Waals surface area contributed by atoms with Gasteiger partial charge in [0.1, 0.15) is 5.75 Å². The van der Waals surface area contributed by atoms with Crippen LogP contribution >= 0.6 is 0 Å². The molecule has 0 saturated heterocycles. The first-order chi connectivity index (χ1) is 7.40. The summed E-state index contributed by atoms with van der Waals surface area (Å²) in [7, 11) is 0. The lowest BCUT2D eigenvalue weighted by atomic mass is 9.98. The van der Waals surface area contributed by atoms with Gasteiger partial charge >= 0.3 is 0 Å². The van der Waals surface area contributed by atoms with Crippen molar-refractivity contribution in [3.63, 3.8) is 0 Å². The molecule has 0 bridgehead atoms. The zero-order valence-corrected chi connectivity index (χ0v) is 8.98. The van der Waals surface area contributed by atoms with Gasteiger partial charge < -0.3 is 10.5 Å². The van der Waals surface area contributed by atoms with Gasteiger partial charge in [-0.3, -0.25) is 4.98 Å². The van der Waals surface area contributed by atoms with E-state index in [4.69, 9.17) is 10.5 Å². The summed E-state index contributed by atoms with van der Waals surface area (Å²) in [6.45, 7) is 0.447. The second-order valence-corrected chi connectivity index (χ2v) is 4.03. The zero-order chi connectivity index (χ0) is 10.5. The van der Waals surface area contributed by atoms with E-state index in [9.17, 15) is 0 Å². The van der Waals surface area contributed by atoms with Gasteiger partial charge in [-0.05, 0) is 37.8 Å². The minimum absolute atomic E-state index is 0.369. The first-order valence-electron chi connectivity index (χ1n) is 5.71. The Morgan fingerprint density at radius 2 is 2.13 bits per heavy atom. The number of hydrogen-bond donors (Lipinski definition) is 1. The number of pyridine rings is 1. The Balaban J connectivity index is 2.02. The van der Waals surface area contributed by atoms with Crippen LogP contribution in [0.5, 0.6) is 5.75 Å². The Morgan fingerprint density at radius 3 is 2.87 bits per heavy atom. The van der Waals surface area contributed by atoms with Gasteiger partial charge in [0, 0.05) is 12.7 Å². The highest BCUT2D eigenvalue weighted by atomic mass is 16.5. The minimum Gasteiger partial charge on any atom is -0.488 e. The first kappa shape index (κ1) is 10.4. The van der Waals surface area contributed by atoms with Gasteiger partial charge in [0.25, 0.3) is 0 Å². The molecule has 0 radical (unpaired) electrons. The van der Waals surface area contributed by atoms with Crippen molar-refractivity contribution in [3.8, 4) is 5.75 Å². The topological polar surface area (TPSA) is 48.1 Å². The number of nitrogens with zero attached hydrogens (tertiary/aromatic N) is 1. The van der Waals surface area contributed by atoms with E-state index in [0.29, 0.717) is 12.6 Å². The number of rotatable bonds is 3. The molecule has 1 aromatic rings. The van der Waals surface area contributed by atoms with E-state index in [1.54, 1.807) is 6.20 Å². The van der Waals surface area contributed by atoms with E-state index in [2.05, 4.69) is 4.98 Å². The van der Waals surface area contributed by atoms with Crippen LogP contribution in [0.25, 0.3) is 0 Å². The van der Waals surface area contributed by atoms with Crippen molar-refractivity contribution in [2.24, 2.45) is 5.73 Å². The van der Waals surface area contributed by atoms with E-state index in [1.807, 2.05) is 12.1 Å². The number of aromatic nitrogens is 1. The summed E-state index contributed by atoms with van der Waals surface area (Å²) in [5, 5.41) is 0. The summed E-state index contributed by atoms with van der Waals surface area (Å²) in [6.07, 6.45) is 8.36. The Labute approximate surface area is 90.7 Å². The normalized spacial score (nSPS) is 17.7. The fraction of sp³-hybridized carbons (Fsp3) is 0.583. The van der Waals surface area contributed by atoms with Crippen molar-refractivity contribution in [1.29, 1.82) is 0 Å². The molecule has 1 aliphatic rings. The largest absolute Gasteiger partial charge is 0.488 e. The fourth-order valence-corrected chi connectivity index (χ4v) is 2.05. The summed E-state index contributed by atoms with van der Waals surface area (Å²) < 4.78 is 5.93. The zero-order valence-electron chi connectivity index (χ0n) is 8.98. The molecular weight excluding hydrogens is 188 g/mol. The molecule has 82 valence electrons. The third-order valence-corrected chi connectivity index (χ3v) is 2.89. The van der Waals surface area contributed by atoms with Gasteiger partial charge in [0.15, 0.2) is 0 Å². The second kappa shape index (κ2) is 5.12. The molecule has 3 heteroatoms. The van der Waals surface area contributed by atoms with Crippen molar-refractivity contribution < 1.29 is 4.74 Å². The van der Waals surface area contributed by atoms with E-state index < -0.39 is 0 Å². The first-order valence-corrected chi connectivity index (χ1v) is 5.71. The molecule has 1 aliphatic carbocycles. The average molecular weight is 206 g/mol. The highest BCUT2D eigenvalue weighted by Gasteiger charge is 2.16.